The number of hydrogen-bond donors (Lipinski definition) is 1. The third-order valence-corrected chi connectivity index (χ3v) is 2.40. The Labute approximate surface area is 98.1 Å². The van der Waals surface area contributed by atoms with E-state index in [1.165, 1.54) is 0 Å². The van der Waals surface area contributed by atoms with Crippen molar-refractivity contribution in [2.75, 3.05) is 32.8 Å². The zero-order chi connectivity index (χ0) is 12.9. The molecule has 1 rings (SSSR count). The van der Waals surface area contributed by atoms with Gasteiger partial charge in [0.05, 0.1) is 13.2 Å². The molecule has 17 heavy (non-hydrogen) atoms. The molecule has 1 N–H and O–H groups in total. The summed E-state index contributed by atoms with van der Waals surface area (Å²) in [5.74, 6) is -0.974. The molecule has 7 heteroatoms. The van der Waals surface area contributed by atoms with Gasteiger partial charge in [-0.05, 0) is 6.92 Å². The van der Waals surface area contributed by atoms with Crippen molar-refractivity contribution >= 4 is 5.91 Å². The highest BCUT2D eigenvalue weighted by molar-refractivity contribution is 5.76. The van der Waals surface area contributed by atoms with E-state index >= 15 is 0 Å². The molecule has 1 atom stereocenters. The van der Waals surface area contributed by atoms with Crippen molar-refractivity contribution in [3.05, 3.63) is 0 Å². The Balaban J connectivity index is 2.23. The first kappa shape index (κ1) is 14.2. The monoisotopic (exact) mass is 254 g/mol. The zero-order valence-electron chi connectivity index (χ0n) is 9.72. The lowest BCUT2D eigenvalue weighted by atomic mass is 10.2. The molecule has 0 saturated carbocycles. The molecule has 4 nitrogen and oxygen atoms in total. The van der Waals surface area contributed by atoms with Gasteiger partial charge < -0.3 is 10.1 Å². The largest absolute Gasteiger partial charge is 0.397 e. The van der Waals surface area contributed by atoms with E-state index in [-0.39, 0.29) is 6.04 Å². The summed E-state index contributed by atoms with van der Waals surface area (Å²) in [6.07, 6.45) is -5.86. The van der Waals surface area contributed by atoms with Crippen molar-refractivity contribution in [2.24, 2.45) is 0 Å². The van der Waals surface area contributed by atoms with Gasteiger partial charge in [-0.3, -0.25) is 9.69 Å². The predicted octanol–water partition coefficient (Wildman–Crippen LogP) is 0.776. The van der Waals surface area contributed by atoms with Crippen LogP contribution < -0.4 is 5.32 Å². The number of hydrogen-bond acceptors (Lipinski definition) is 3. The van der Waals surface area contributed by atoms with E-state index in [0.29, 0.717) is 19.8 Å². The molecule has 0 spiro atoms. The number of carbonyl (C=O) groups excluding carboxylic acids is 1. The lowest BCUT2D eigenvalue weighted by molar-refractivity contribution is -0.154. The number of halogens is 3. The van der Waals surface area contributed by atoms with Crippen molar-refractivity contribution < 1.29 is 22.7 Å². The minimum absolute atomic E-state index is 0.289. The van der Waals surface area contributed by atoms with Crippen LogP contribution in [0.5, 0.6) is 0 Å². The van der Waals surface area contributed by atoms with Crippen LogP contribution >= 0.6 is 0 Å². The van der Waals surface area contributed by atoms with E-state index in [4.69, 9.17) is 4.74 Å². The van der Waals surface area contributed by atoms with Gasteiger partial charge in [-0.2, -0.15) is 13.2 Å². The summed E-state index contributed by atoms with van der Waals surface area (Å²) >= 11 is 0. The highest BCUT2D eigenvalue weighted by Gasteiger charge is 2.31. The maximum Gasteiger partial charge on any atom is 0.397 e. The number of alkyl halides is 3. The van der Waals surface area contributed by atoms with Crippen LogP contribution in [0.3, 0.4) is 0 Å². The quantitative estimate of drug-likeness (QED) is 0.806. The Morgan fingerprint density at radius 2 is 2.00 bits per heavy atom. The number of nitrogens with zero attached hydrogens (tertiary/aromatic N) is 1. The molecular formula is C10H17F3N2O2. The molecule has 1 saturated heterocycles. The lowest BCUT2D eigenvalue weighted by Gasteiger charge is -2.29. The van der Waals surface area contributed by atoms with Crippen LogP contribution in [0.15, 0.2) is 0 Å². The van der Waals surface area contributed by atoms with Crippen molar-refractivity contribution in [3.63, 3.8) is 0 Å². The van der Waals surface area contributed by atoms with Crippen LogP contribution in [0.25, 0.3) is 0 Å². The Hall–Kier alpha value is -0.820. The Morgan fingerprint density at radius 3 is 2.53 bits per heavy atom. The van der Waals surface area contributed by atoms with Gasteiger partial charge in [0.1, 0.15) is 6.42 Å². The second-order valence-corrected chi connectivity index (χ2v) is 4.17. The van der Waals surface area contributed by atoms with E-state index in [1.807, 2.05) is 0 Å². The fourth-order valence-electron chi connectivity index (χ4n) is 1.72. The summed E-state index contributed by atoms with van der Waals surface area (Å²) in [6, 6.07) is -0.289. The first-order valence-corrected chi connectivity index (χ1v) is 5.53. The van der Waals surface area contributed by atoms with Gasteiger partial charge >= 0.3 is 6.18 Å². The molecule has 0 radical (unpaired) electrons. The van der Waals surface area contributed by atoms with Crippen LogP contribution in [-0.2, 0) is 9.53 Å². The van der Waals surface area contributed by atoms with E-state index in [1.54, 1.807) is 6.92 Å². The van der Waals surface area contributed by atoms with E-state index in [0.717, 1.165) is 13.1 Å². The van der Waals surface area contributed by atoms with Gasteiger partial charge in [0.25, 0.3) is 0 Å². The maximum absolute atomic E-state index is 11.9. The number of nitrogens with one attached hydrogen (secondary N) is 1. The Morgan fingerprint density at radius 1 is 1.41 bits per heavy atom. The average molecular weight is 254 g/mol. The van der Waals surface area contributed by atoms with Crippen molar-refractivity contribution in [1.82, 2.24) is 10.2 Å². The first-order valence-electron chi connectivity index (χ1n) is 5.53. The maximum atomic E-state index is 11.9. The predicted molar refractivity (Wildman–Crippen MR) is 55.5 cm³/mol. The van der Waals surface area contributed by atoms with E-state index < -0.39 is 18.5 Å². The van der Waals surface area contributed by atoms with Crippen LogP contribution in [-0.4, -0.2) is 55.9 Å². The van der Waals surface area contributed by atoms with Crippen LogP contribution in [0.4, 0.5) is 13.2 Å². The Kier molecular flexibility index (Phi) is 5.20. The van der Waals surface area contributed by atoms with E-state index in [9.17, 15) is 18.0 Å². The van der Waals surface area contributed by atoms with Crippen LogP contribution in [0.1, 0.15) is 13.3 Å². The standard InChI is InChI=1S/C10H17F3N2O2/c1-8(7-15-2-4-17-5-3-15)14-9(16)6-10(11,12)13/h8H,2-7H2,1H3,(H,14,16)/t8-/m1/s1. The van der Waals surface area contributed by atoms with Gasteiger partial charge in [0, 0.05) is 25.7 Å². The van der Waals surface area contributed by atoms with Gasteiger partial charge in [0.15, 0.2) is 0 Å². The SMILES string of the molecule is C[C@H](CN1CCOCC1)NC(=O)CC(F)(F)F. The van der Waals surface area contributed by atoms with Crippen molar-refractivity contribution in [3.8, 4) is 0 Å². The minimum atomic E-state index is -4.44. The summed E-state index contributed by atoms with van der Waals surface area (Å²) in [5.41, 5.74) is 0. The third-order valence-electron chi connectivity index (χ3n) is 2.40. The average Bonchev–Trinajstić information content (AvgIpc) is 2.15. The molecule has 0 unspecified atom stereocenters. The second kappa shape index (κ2) is 6.20. The zero-order valence-corrected chi connectivity index (χ0v) is 9.72. The highest BCUT2D eigenvalue weighted by atomic mass is 19.4. The molecular weight excluding hydrogens is 237 g/mol. The molecule has 0 aliphatic carbocycles. The van der Waals surface area contributed by atoms with Gasteiger partial charge in [-0.25, -0.2) is 0 Å². The van der Waals surface area contributed by atoms with Crippen molar-refractivity contribution in [2.45, 2.75) is 25.6 Å². The van der Waals surface area contributed by atoms with Gasteiger partial charge in [-0.15, -0.1) is 0 Å². The van der Waals surface area contributed by atoms with E-state index in [2.05, 4.69) is 10.2 Å². The molecule has 0 aromatic rings. The number of ether oxygens (including phenoxy) is 1. The third kappa shape index (κ3) is 6.48. The minimum Gasteiger partial charge on any atom is -0.379 e. The molecule has 1 aliphatic rings. The molecule has 1 aliphatic heterocycles. The summed E-state index contributed by atoms with van der Waals surface area (Å²) < 4.78 is 40.9. The smallest absolute Gasteiger partial charge is 0.379 e. The Bertz CT molecular complexity index is 252. The summed E-state index contributed by atoms with van der Waals surface area (Å²) in [7, 11) is 0. The first-order chi connectivity index (χ1) is 7.87. The van der Waals surface area contributed by atoms with Crippen LogP contribution in [0.2, 0.25) is 0 Å². The van der Waals surface area contributed by atoms with Crippen molar-refractivity contribution in [1.29, 1.82) is 0 Å². The summed E-state index contributed by atoms with van der Waals surface area (Å²) in [6.45, 7) is 5.00. The fraction of sp³-hybridized carbons (Fsp3) is 0.900. The second-order valence-electron chi connectivity index (χ2n) is 4.17. The fourth-order valence-corrected chi connectivity index (χ4v) is 1.72. The molecule has 0 aromatic heterocycles. The molecule has 100 valence electrons. The molecule has 1 amide bonds. The molecule has 1 fully saturated rings. The number of rotatable bonds is 4. The lowest BCUT2D eigenvalue weighted by Crippen LogP contribution is -2.46. The highest BCUT2D eigenvalue weighted by Crippen LogP contribution is 2.18. The number of carbonyl (C=O) groups is 1. The topological polar surface area (TPSA) is 41.6 Å². The number of amides is 1. The summed E-state index contributed by atoms with van der Waals surface area (Å²) in [5, 5.41) is 2.34. The summed E-state index contributed by atoms with van der Waals surface area (Å²) in [4.78, 5) is 13.1. The van der Waals surface area contributed by atoms with Crippen LogP contribution in [0, 0.1) is 0 Å². The van der Waals surface area contributed by atoms with Gasteiger partial charge in [0.2, 0.25) is 5.91 Å². The normalized spacial score (nSPS) is 20.0. The van der Waals surface area contributed by atoms with Gasteiger partial charge in [-0.1, -0.05) is 0 Å². The number of morpholine rings is 1. The molecule has 0 bridgehead atoms. The molecule has 1 heterocycles. The molecule has 0 aromatic carbocycles.